The molecule has 5 nitrogen and oxygen atoms in total. The summed E-state index contributed by atoms with van der Waals surface area (Å²) in [7, 11) is 1.60. The van der Waals surface area contributed by atoms with Crippen molar-refractivity contribution in [1.29, 1.82) is 0 Å². The molecule has 1 aromatic heterocycles. The maximum Gasteiger partial charge on any atom is 0.194 e. The normalized spacial score (nSPS) is 11.0. The van der Waals surface area contributed by atoms with Crippen molar-refractivity contribution in [2.45, 2.75) is 12.8 Å². The van der Waals surface area contributed by atoms with Crippen LogP contribution >= 0.6 is 12.2 Å². The van der Waals surface area contributed by atoms with E-state index in [2.05, 4.69) is 20.6 Å². The molecule has 0 radical (unpaired) electrons. The molecule has 0 aliphatic rings. The van der Waals surface area contributed by atoms with Crippen LogP contribution in [0.25, 0.3) is 0 Å². The number of nitrogens with one attached hydrogen (secondary N) is 2. The molecule has 92 valence electrons. The summed E-state index contributed by atoms with van der Waals surface area (Å²) < 4.78 is 0. The van der Waals surface area contributed by atoms with Gasteiger partial charge in [-0.25, -0.2) is 0 Å². The maximum atomic E-state index is 5.47. The van der Waals surface area contributed by atoms with Crippen molar-refractivity contribution >= 4 is 23.3 Å². The van der Waals surface area contributed by atoms with E-state index in [1.165, 1.54) is 0 Å². The number of hydrogen-bond donors (Lipinski definition) is 3. The molecule has 0 aliphatic carbocycles. The number of nitrogens with zero attached hydrogens (tertiary/aromatic N) is 2. The SMILES string of the molecule is CN=C(N)NC(=S)NCCCc1ccccn1. The molecule has 0 aliphatic heterocycles. The van der Waals surface area contributed by atoms with Crippen LogP contribution in [0.3, 0.4) is 0 Å². The van der Waals surface area contributed by atoms with Gasteiger partial charge in [0.25, 0.3) is 0 Å². The lowest BCUT2D eigenvalue weighted by Crippen LogP contribution is -2.43. The predicted molar refractivity (Wildman–Crippen MR) is 73.8 cm³/mol. The first-order valence-corrected chi connectivity index (χ1v) is 5.80. The standard InChI is InChI=1S/C11H17N5S/c1-13-10(12)16-11(17)15-8-4-6-9-5-2-3-7-14-9/h2-3,5,7H,4,6,8H2,1H3,(H4,12,13,15,16,17). The molecule has 0 unspecified atom stereocenters. The molecule has 6 heteroatoms. The van der Waals surface area contributed by atoms with Crippen LogP contribution in [0.5, 0.6) is 0 Å². The molecular formula is C11H17N5S. The second-order valence-electron chi connectivity index (χ2n) is 3.41. The van der Waals surface area contributed by atoms with E-state index >= 15 is 0 Å². The molecule has 0 saturated heterocycles. The van der Waals surface area contributed by atoms with Gasteiger partial charge in [-0.1, -0.05) is 6.07 Å². The van der Waals surface area contributed by atoms with Crippen LogP contribution in [-0.2, 0) is 6.42 Å². The Kier molecular flexibility index (Phi) is 5.95. The fourth-order valence-electron chi connectivity index (χ4n) is 1.23. The van der Waals surface area contributed by atoms with E-state index in [0.29, 0.717) is 11.1 Å². The van der Waals surface area contributed by atoms with Gasteiger partial charge in [-0.3, -0.25) is 9.98 Å². The minimum absolute atomic E-state index is 0.312. The molecule has 0 atom stereocenters. The van der Waals surface area contributed by atoms with Gasteiger partial charge in [0.15, 0.2) is 11.1 Å². The summed E-state index contributed by atoms with van der Waals surface area (Å²) in [4.78, 5) is 7.99. The Morgan fingerprint density at radius 1 is 1.53 bits per heavy atom. The zero-order chi connectivity index (χ0) is 12.5. The van der Waals surface area contributed by atoms with E-state index in [1.54, 1.807) is 13.2 Å². The van der Waals surface area contributed by atoms with E-state index in [0.717, 1.165) is 25.1 Å². The Morgan fingerprint density at radius 2 is 2.35 bits per heavy atom. The summed E-state index contributed by atoms with van der Waals surface area (Å²) in [6.45, 7) is 0.777. The van der Waals surface area contributed by atoms with Crippen molar-refractivity contribution in [1.82, 2.24) is 15.6 Å². The van der Waals surface area contributed by atoms with Crippen LogP contribution in [0.4, 0.5) is 0 Å². The Morgan fingerprint density at radius 3 is 3.00 bits per heavy atom. The minimum atomic E-state index is 0.312. The third-order valence-corrected chi connectivity index (χ3v) is 2.35. The first kappa shape index (κ1) is 13.4. The van der Waals surface area contributed by atoms with Crippen LogP contribution in [0.1, 0.15) is 12.1 Å². The van der Waals surface area contributed by atoms with Gasteiger partial charge in [0.2, 0.25) is 0 Å². The highest BCUT2D eigenvalue weighted by Crippen LogP contribution is 1.96. The van der Waals surface area contributed by atoms with Crippen molar-refractivity contribution < 1.29 is 0 Å². The fraction of sp³-hybridized carbons (Fsp3) is 0.364. The zero-order valence-corrected chi connectivity index (χ0v) is 10.6. The number of nitrogens with two attached hydrogens (primary N) is 1. The van der Waals surface area contributed by atoms with Crippen molar-refractivity contribution in [2.75, 3.05) is 13.6 Å². The summed E-state index contributed by atoms with van der Waals surface area (Å²) in [5.41, 5.74) is 6.56. The second-order valence-corrected chi connectivity index (χ2v) is 3.82. The molecule has 0 aromatic carbocycles. The molecule has 0 bridgehead atoms. The largest absolute Gasteiger partial charge is 0.370 e. The van der Waals surface area contributed by atoms with E-state index in [-0.39, 0.29) is 0 Å². The Labute approximate surface area is 107 Å². The Bertz CT molecular complexity index is 377. The molecule has 0 saturated carbocycles. The average Bonchev–Trinajstić information content (AvgIpc) is 2.36. The second kappa shape index (κ2) is 7.56. The van der Waals surface area contributed by atoms with Crippen molar-refractivity contribution in [3.8, 4) is 0 Å². The minimum Gasteiger partial charge on any atom is -0.370 e. The highest BCUT2D eigenvalue weighted by atomic mass is 32.1. The van der Waals surface area contributed by atoms with E-state index in [1.807, 2.05) is 18.2 Å². The van der Waals surface area contributed by atoms with Crippen molar-refractivity contribution in [2.24, 2.45) is 10.7 Å². The van der Waals surface area contributed by atoms with Gasteiger partial charge < -0.3 is 16.4 Å². The molecule has 1 rings (SSSR count). The highest BCUT2D eigenvalue weighted by Gasteiger charge is 1.97. The smallest absolute Gasteiger partial charge is 0.194 e. The van der Waals surface area contributed by atoms with Crippen LogP contribution in [0.2, 0.25) is 0 Å². The fourth-order valence-corrected chi connectivity index (χ4v) is 1.44. The number of hydrogen-bond acceptors (Lipinski definition) is 3. The van der Waals surface area contributed by atoms with Gasteiger partial charge in [-0.15, -0.1) is 0 Å². The van der Waals surface area contributed by atoms with Crippen LogP contribution in [0.15, 0.2) is 29.4 Å². The summed E-state index contributed by atoms with van der Waals surface area (Å²) in [5.74, 6) is 0.312. The summed E-state index contributed by atoms with van der Waals surface area (Å²) in [5, 5.41) is 6.31. The van der Waals surface area contributed by atoms with E-state index < -0.39 is 0 Å². The number of pyridine rings is 1. The third kappa shape index (κ3) is 5.82. The molecule has 1 heterocycles. The van der Waals surface area contributed by atoms with Crippen LogP contribution in [-0.4, -0.2) is 29.6 Å². The van der Waals surface area contributed by atoms with Gasteiger partial charge in [-0.2, -0.15) is 0 Å². The predicted octanol–water partition coefficient (Wildman–Crippen LogP) is 0.423. The number of thiocarbonyl (C=S) groups is 1. The lowest BCUT2D eigenvalue weighted by Gasteiger charge is -2.08. The molecule has 0 spiro atoms. The summed E-state index contributed by atoms with van der Waals surface area (Å²) in [6, 6.07) is 5.91. The summed E-state index contributed by atoms with van der Waals surface area (Å²) >= 11 is 5.03. The molecular weight excluding hydrogens is 234 g/mol. The first-order chi connectivity index (χ1) is 8.22. The maximum absolute atomic E-state index is 5.47. The number of guanidine groups is 1. The van der Waals surface area contributed by atoms with Crippen LogP contribution < -0.4 is 16.4 Å². The topological polar surface area (TPSA) is 75.3 Å². The number of aromatic nitrogens is 1. The van der Waals surface area contributed by atoms with Gasteiger partial charge in [0, 0.05) is 25.5 Å². The number of rotatable bonds is 4. The third-order valence-electron chi connectivity index (χ3n) is 2.10. The van der Waals surface area contributed by atoms with Gasteiger partial charge in [0.1, 0.15) is 0 Å². The van der Waals surface area contributed by atoms with Crippen LogP contribution in [0, 0.1) is 0 Å². The monoisotopic (exact) mass is 251 g/mol. The van der Waals surface area contributed by atoms with E-state index in [9.17, 15) is 0 Å². The molecule has 0 fully saturated rings. The zero-order valence-electron chi connectivity index (χ0n) is 9.81. The molecule has 17 heavy (non-hydrogen) atoms. The van der Waals surface area contributed by atoms with Gasteiger partial charge >= 0.3 is 0 Å². The first-order valence-electron chi connectivity index (χ1n) is 5.39. The highest BCUT2D eigenvalue weighted by molar-refractivity contribution is 7.80. The Hall–Kier alpha value is -1.69. The average molecular weight is 251 g/mol. The van der Waals surface area contributed by atoms with Gasteiger partial charge in [0.05, 0.1) is 0 Å². The lowest BCUT2D eigenvalue weighted by atomic mass is 10.2. The van der Waals surface area contributed by atoms with E-state index in [4.69, 9.17) is 18.0 Å². The number of aryl methyl sites for hydroxylation is 1. The molecule has 1 aromatic rings. The van der Waals surface area contributed by atoms with Gasteiger partial charge in [-0.05, 0) is 37.2 Å². The number of aliphatic imine (C=N–C) groups is 1. The lowest BCUT2D eigenvalue weighted by molar-refractivity contribution is 0.757. The van der Waals surface area contributed by atoms with Crippen molar-refractivity contribution in [3.05, 3.63) is 30.1 Å². The molecule has 0 amide bonds. The Balaban J connectivity index is 2.14. The summed E-state index contributed by atoms with van der Waals surface area (Å²) in [6.07, 6.45) is 3.68. The quantitative estimate of drug-likeness (QED) is 0.313. The molecule has 4 N–H and O–H groups in total. The van der Waals surface area contributed by atoms with Crippen molar-refractivity contribution in [3.63, 3.8) is 0 Å².